The summed E-state index contributed by atoms with van der Waals surface area (Å²) in [5, 5.41) is 28.0. The average molecular weight is 414 g/mol. The van der Waals surface area contributed by atoms with Crippen LogP contribution in [0.5, 0.6) is 5.75 Å². The molecule has 1 aliphatic rings. The van der Waals surface area contributed by atoms with E-state index in [1.54, 1.807) is 50.3 Å². The summed E-state index contributed by atoms with van der Waals surface area (Å²) in [6.07, 6.45) is 3.28. The van der Waals surface area contributed by atoms with Crippen LogP contribution in [0.3, 0.4) is 0 Å². The Morgan fingerprint density at radius 2 is 1.71 bits per heavy atom. The van der Waals surface area contributed by atoms with Gasteiger partial charge in [-0.05, 0) is 31.5 Å². The SMILES string of the molecule is CC(=O)Oc1c(Cl)cc(C=CC2=C(C#N)C(=C(C#N)C#N)OC2(C)C)cc1Cl. The number of nitrogens with zero attached hydrogens (tertiary/aromatic N) is 3. The largest absolute Gasteiger partial charge is 0.480 e. The highest BCUT2D eigenvalue weighted by molar-refractivity contribution is 6.37. The summed E-state index contributed by atoms with van der Waals surface area (Å²) in [4.78, 5) is 11.1. The minimum atomic E-state index is -0.929. The van der Waals surface area contributed by atoms with Crippen LogP contribution in [0.1, 0.15) is 26.3 Å². The van der Waals surface area contributed by atoms with Gasteiger partial charge in [0.25, 0.3) is 0 Å². The first kappa shape index (κ1) is 21.1. The van der Waals surface area contributed by atoms with Crippen molar-refractivity contribution in [1.82, 2.24) is 0 Å². The van der Waals surface area contributed by atoms with E-state index in [0.29, 0.717) is 11.1 Å². The van der Waals surface area contributed by atoms with E-state index in [2.05, 4.69) is 0 Å². The molecule has 28 heavy (non-hydrogen) atoms. The normalized spacial score (nSPS) is 14.9. The van der Waals surface area contributed by atoms with Crippen LogP contribution in [0.15, 0.2) is 40.7 Å². The van der Waals surface area contributed by atoms with Gasteiger partial charge < -0.3 is 9.47 Å². The molecule has 0 fully saturated rings. The van der Waals surface area contributed by atoms with E-state index in [0.717, 1.165) is 0 Å². The molecule has 0 aromatic heterocycles. The lowest BCUT2D eigenvalue weighted by atomic mass is 9.94. The van der Waals surface area contributed by atoms with Crippen molar-refractivity contribution in [3.63, 3.8) is 0 Å². The predicted octanol–water partition coefficient (Wildman–Crippen LogP) is 4.86. The zero-order valence-electron chi connectivity index (χ0n) is 15.1. The average Bonchev–Trinajstić information content (AvgIpc) is 2.87. The van der Waals surface area contributed by atoms with Crippen molar-refractivity contribution in [2.24, 2.45) is 0 Å². The Kier molecular flexibility index (Phi) is 6.16. The van der Waals surface area contributed by atoms with Crippen LogP contribution in [0, 0.1) is 34.0 Å². The first-order valence-electron chi connectivity index (χ1n) is 7.88. The van der Waals surface area contributed by atoms with Gasteiger partial charge in [-0.15, -0.1) is 0 Å². The van der Waals surface area contributed by atoms with Gasteiger partial charge in [-0.1, -0.05) is 35.4 Å². The third-order valence-corrected chi connectivity index (χ3v) is 4.34. The second-order valence-electron chi connectivity index (χ2n) is 6.18. The van der Waals surface area contributed by atoms with Gasteiger partial charge in [0, 0.05) is 12.5 Å². The van der Waals surface area contributed by atoms with Gasteiger partial charge >= 0.3 is 5.97 Å². The standard InChI is InChI=1S/C20H13Cl2N3O3/c1-11(26)27-19-16(21)6-12(7-17(19)22)4-5-15-14(10-25)18(13(8-23)9-24)28-20(15,2)3/h4-7H,1-3H3. The van der Waals surface area contributed by atoms with Gasteiger partial charge in [-0.25, -0.2) is 0 Å². The first-order valence-corrected chi connectivity index (χ1v) is 8.64. The second kappa shape index (κ2) is 8.19. The molecular formula is C20H13Cl2N3O3. The molecular weight excluding hydrogens is 401 g/mol. The van der Waals surface area contributed by atoms with E-state index in [4.69, 9.17) is 43.2 Å². The minimum Gasteiger partial charge on any atom is -0.480 e. The molecule has 1 aromatic rings. The fourth-order valence-corrected chi connectivity index (χ4v) is 3.16. The number of rotatable bonds is 3. The maximum absolute atomic E-state index is 11.1. The van der Waals surface area contributed by atoms with E-state index in [9.17, 15) is 10.1 Å². The van der Waals surface area contributed by atoms with Gasteiger partial charge in [0.05, 0.1) is 10.0 Å². The Morgan fingerprint density at radius 3 is 2.18 bits per heavy atom. The Balaban J connectivity index is 2.53. The summed E-state index contributed by atoms with van der Waals surface area (Å²) in [5.41, 5.74) is -0.0202. The highest BCUT2D eigenvalue weighted by Crippen LogP contribution is 2.41. The first-order chi connectivity index (χ1) is 13.1. The van der Waals surface area contributed by atoms with Gasteiger partial charge in [0.2, 0.25) is 0 Å². The summed E-state index contributed by atoms with van der Waals surface area (Å²) in [5.74, 6) is -0.531. The molecule has 1 heterocycles. The summed E-state index contributed by atoms with van der Waals surface area (Å²) in [6, 6.07) is 8.55. The fraction of sp³-hybridized carbons (Fsp3) is 0.200. The molecule has 0 unspecified atom stereocenters. The quantitative estimate of drug-likeness (QED) is 0.397. The molecule has 0 radical (unpaired) electrons. The number of esters is 1. The van der Waals surface area contributed by atoms with E-state index in [-0.39, 0.29) is 32.7 Å². The minimum absolute atomic E-state index is 0.0431. The van der Waals surface area contributed by atoms with Crippen molar-refractivity contribution in [1.29, 1.82) is 15.8 Å². The zero-order valence-corrected chi connectivity index (χ0v) is 16.6. The summed E-state index contributed by atoms with van der Waals surface area (Å²) < 4.78 is 10.7. The van der Waals surface area contributed by atoms with Gasteiger partial charge in [-0.2, -0.15) is 15.8 Å². The number of hydrogen-bond donors (Lipinski definition) is 0. The molecule has 0 saturated heterocycles. The van der Waals surface area contributed by atoms with Crippen molar-refractivity contribution in [2.75, 3.05) is 0 Å². The van der Waals surface area contributed by atoms with Crippen LogP contribution >= 0.6 is 23.2 Å². The Bertz CT molecular complexity index is 1040. The van der Waals surface area contributed by atoms with Crippen LogP contribution in [0.4, 0.5) is 0 Å². The van der Waals surface area contributed by atoms with Gasteiger partial charge in [0.1, 0.15) is 29.4 Å². The highest BCUT2D eigenvalue weighted by Gasteiger charge is 2.38. The molecule has 0 amide bonds. The molecule has 0 saturated carbocycles. The Labute approximate surface area is 172 Å². The fourth-order valence-electron chi connectivity index (χ4n) is 2.58. The number of hydrogen-bond acceptors (Lipinski definition) is 6. The smallest absolute Gasteiger partial charge is 0.308 e. The molecule has 8 heteroatoms. The van der Waals surface area contributed by atoms with Crippen molar-refractivity contribution in [2.45, 2.75) is 26.4 Å². The van der Waals surface area contributed by atoms with E-state index in [1.807, 2.05) is 6.07 Å². The van der Waals surface area contributed by atoms with Gasteiger partial charge in [-0.3, -0.25) is 4.79 Å². The zero-order chi connectivity index (χ0) is 21.1. The second-order valence-corrected chi connectivity index (χ2v) is 7.00. The molecule has 0 aliphatic carbocycles. The number of allylic oxidation sites excluding steroid dienone is 2. The van der Waals surface area contributed by atoms with E-state index < -0.39 is 11.6 Å². The lowest BCUT2D eigenvalue weighted by Gasteiger charge is -2.20. The van der Waals surface area contributed by atoms with E-state index in [1.165, 1.54) is 6.92 Å². The Morgan fingerprint density at radius 1 is 1.14 bits per heavy atom. The molecule has 6 nitrogen and oxygen atoms in total. The molecule has 140 valence electrons. The molecule has 0 spiro atoms. The lowest BCUT2D eigenvalue weighted by molar-refractivity contribution is -0.131. The van der Waals surface area contributed by atoms with Crippen molar-refractivity contribution in [3.05, 3.63) is 56.3 Å². The molecule has 2 rings (SSSR count). The third-order valence-electron chi connectivity index (χ3n) is 3.77. The topological polar surface area (TPSA) is 107 Å². The third kappa shape index (κ3) is 4.18. The summed E-state index contributed by atoms with van der Waals surface area (Å²) in [6.45, 7) is 4.67. The maximum atomic E-state index is 11.1. The number of ether oxygens (including phenoxy) is 2. The highest BCUT2D eigenvalue weighted by atomic mass is 35.5. The number of halogens is 2. The molecule has 0 N–H and O–H groups in total. The number of nitriles is 3. The van der Waals surface area contributed by atoms with E-state index >= 15 is 0 Å². The number of carbonyl (C=O) groups excluding carboxylic acids is 1. The van der Waals surface area contributed by atoms with Crippen LogP contribution < -0.4 is 4.74 Å². The van der Waals surface area contributed by atoms with Crippen LogP contribution in [0.2, 0.25) is 10.0 Å². The lowest BCUT2D eigenvalue weighted by Crippen LogP contribution is -2.20. The summed E-state index contributed by atoms with van der Waals surface area (Å²) >= 11 is 12.2. The van der Waals surface area contributed by atoms with Crippen molar-refractivity contribution < 1.29 is 14.3 Å². The number of benzene rings is 1. The van der Waals surface area contributed by atoms with Gasteiger partial charge in [0.15, 0.2) is 17.1 Å². The van der Waals surface area contributed by atoms with Crippen LogP contribution in [-0.4, -0.2) is 11.6 Å². The maximum Gasteiger partial charge on any atom is 0.308 e. The number of carbonyl (C=O) groups is 1. The van der Waals surface area contributed by atoms with Crippen molar-refractivity contribution in [3.8, 4) is 24.0 Å². The molecule has 0 bridgehead atoms. The molecule has 1 aliphatic heterocycles. The van der Waals surface area contributed by atoms with Crippen LogP contribution in [0.25, 0.3) is 6.08 Å². The predicted molar refractivity (Wildman–Crippen MR) is 103 cm³/mol. The molecule has 0 atom stereocenters. The summed E-state index contributed by atoms with van der Waals surface area (Å²) in [7, 11) is 0. The Hall–Kier alpha value is -3.24. The monoisotopic (exact) mass is 413 g/mol. The van der Waals surface area contributed by atoms with Crippen molar-refractivity contribution >= 4 is 35.2 Å². The molecule has 1 aromatic carbocycles. The van der Waals surface area contributed by atoms with Crippen LogP contribution in [-0.2, 0) is 9.53 Å².